The number of carboxylic acid groups (broad SMARTS) is 1. The van der Waals surface area contributed by atoms with Crippen LogP contribution < -0.4 is 5.11 Å². The summed E-state index contributed by atoms with van der Waals surface area (Å²) in [5, 5.41) is 10.9. The largest absolute Gasteiger partial charge is 0.545 e. The third-order valence-electron chi connectivity index (χ3n) is 5.07. The van der Waals surface area contributed by atoms with Gasteiger partial charge in [0.2, 0.25) is 0 Å². The zero-order valence-electron chi connectivity index (χ0n) is 15.1. The molecule has 0 radical (unpaired) electrons. The van der Waals surface area contributed by atoms with Crippen molar-refractivity contribution in [3.05, 3.63) is 52.6 Å². The zero-order valence-corrected chi connectivity index (χ0v) is 16.7. The Kier molecular flexibility index (Phi) is 5.37. The molecule has 1 aromatic carbocycles. The van der Waals surface area contributed by atoms with Gasteiger partial charge in [-0.15, -0.1) is 0 Å². The summed E-state index contributed by atoms with van der Waals surface area (Å²) in [5.74, 6) is -0.105. The van der Waals surface area contributed by atoms with Crippen LogP contribution in [0.5, 0.6) is 0 Å². The number of carbonyl (C=O) groups excluding carboxylic acids is 2. The maximum atomic E-state index is 12.8. The van der Waals surface area contributed by atoms with Gasteiger partial charge in [-0.05, 0) is 30.5 Å². The molecule has 0 atom stereocenters. The van der Waals surface area contributed by atoms with Crippen LogP contribution in [-0.2, 0) is 4.79 Å². The number of amides is 1. The fourth-order valence-electron chi connectivity index (χ4n) is 3.62. The van der Waals surface area contributed by atoms with E-state index in [2.05, 4.69) is 0 Å². The minimum absolute atomic E-state index is 0.0434. The number of carbonyl (C=O) groups is 2. The molecule has 2 aromatic rings. The summed E-state index contributed by atoms with van der Waals surface area (Å²) < 4.78 is 6.45. The van der Waals surface area contributed by atoms with Crippen molar-refractivity contribution in [2.45, 2.75) is 38.1 Å². The van der Waals surface area contributed by atoms with Gasteiger partial charge in [0.15, 0.2) is 0 Å². The normalized spacial score (nSPS) is 19.6. The topological polar surface area (TPSA) is 73.6 Å². The second-order valence-electron chi connectivity index (χ2n) is 6.91. The monoisotopic (exact) mass is 412 g/mol. The molecule has 0 N–H and O–H groups in total. The Balaban J connectivity index is 1.52. The molecule has 2 fully saturated rings. The van der Waals surface area contributed by atoms with Crippen LogP contribution >= 0.6 is 24.0 Å². The fourth-order valence-corrected chi connectivity index (χ4v) is 5.00. The van der Waals surface area contributed by atoms with E-state index in [4.69, 9.17) is 16.6 Å². The van der Waals surface area contributed by atoms with Gasteiger partial charge in [-0.1, -0.05) is 67.5 Å². The summed E-state index contributed by atoms with van der Waals surface area (Å²) in [6.45, 7) is 0. The van der Waals surface area contributed by atoms with E-state index in [0.29, 0.717) is 20.7 Å². The molecule has 7 heteroatoms. The van der Waals surface area contributed by atoms with E-state index in [1.54, 1.807) is 35.2 Å². The standard InChI is InChI=1S/C21H19NO4S2/c23-19-18(28-21(27)22(19)15-4-2-1-3-5-15)12-16-10-11-17(26-16)13-6-8-14(9-7-13)20(24)25/h6-12,15H,1-5H2,(H,24,25)/p-1/b18-12-. The molecule has 1 amide bonds. The van der Waals surface area contributed by atoms with Crippen LogP contribution in [0.15, 0.2) is 45.7 Å². The number of carboxylic acids is 1. The summed E-state index contributed by atoms with van der Waals surface area (Å²) in [7, 11) is 0. The molecule has 2 aliphatic rings. The molecule has 5 nitrogen and oxygen atoms in total. The highest BCUT2D eigenvalue weighted by atomic mass is 32.2. The van der Waals surface area contributed by atoms with Gasteiger partial charge in [0.1, 0.15) is 15.8 Å². The molecule has 0 bridgehead atoms. The van der Waals surface area contributed by atoms with Gasteiger partial charge in [-0.3, -0.25) is 9.69 Å². The number of hydrogen-bond acceptors (Lipinski definition) is 6. The van der Waals surface area contributed by atoms with Crippen molar-refractivity contribution in [2.75, 3.05) is 0 Å². The van der Waals surface area contributed by atoms with E-state index >= 15 is 0 Å². The van der Waals surface area contributed by atoms with Gasteiger partial charge in [-0.2, -0.15) is 0 Å². The molecule has 0 unspecified atom stereocenters. The molecule has 4 rings (SSSR count). The van der Waals surface area contributed by atoms with Crippen molar-refractivity contribution in [1.29, 1.82) is 0 Å². The molecule has 1 saturated carbocycles. The predicted octanol–water partition coefficient (Wildman–Crippen LogP) is 3.84. The summed E-state index contributed by atoms with van der Waals surface area (Å²) in [6, 6.07) is 10.1. The van der Waals surface area contributed by atoms with Crippen LogP contribution in [0.1, 0.15) is 48.2 Å². The summed E-state index contributed by atoms with van der Waals surface area (Å²) in [5.41, 5.74) is 0.862. The minimum Gasteiger partial charge on any atom is -0.545 e. The van der Waals surface area contributed by atoms with Gasteiger partial charge < -0.3 is 14.3 Å². The van der Waals surface area contributed by atoms with Crippen LogP contribution in [0.4, 0.5) is 0 Å². The maximum Gasteiger partial charge on any atom is 0.266 e. The number of nitrogens with zero attached hydrogens (tertiary/aromatic N) is 1. The van der Waals surface area contributed by atoms with Crippen LogP contribution in [-0.4, -0.2) is 27.1 Å². The molecule has 144 valence electrons. The van der Waals surface area contributed by atoms with E-state index in [9.17, 15) is 14.7 Å². The second-order valence-corrected chi connectivity index (χ2v) is 8.59. The quantitative estimate of drug-likeness (QED) is 0.561. The first-order valence-corrected chi connectivity index (χ1v) is 10.4. The number of thioether (sulfide) groups is 1. The fraction of sp³-hybridized carbons (Fsp3) is 0.286. The average molecular weight is 413 g/mol. The molecule has 28 heavy (non-hydrogen) atoms. The molecular formula is C21H18NO4S2-. The lowest BCUT2D eigenvalue weighted by Crippen LogP contribution is -2.39. The molecule has 1 aromatic heterocycles. The van der Waals surface area contributed by atoms with Crippen molar-refractivity contribution in [2.24, 2.45) is 0 Å². The van der Waals surface area contributed by atoms with E-state index in [1.807, 2.05) is 0 Å². The Bertz CT molecular complexity index is 955. The summed E-state index contributed by atoms with van der Waals surface area (Å²) >= 11 is 6.77. The molecule has 2 heterocycles. The third kappa shape index (κ3) is 3.77. The first-order valence-electron chi connectivity index (χ1n) is 9.21. The maximum absolute atomic E-state index is 12.8. The molecule has 1 aliphatic carbocycles. The lowest BCUT2D eigenvalue weighted by molar-refractivity contribution is -0.255. The van der Waals surface area contributed by atoms with Crippen molar-refractivity contribution < 1.29 is 19.1 Å². The number of thiocarbonyl (C=S) groups is 1. The van der Waals surface area contributed by atoms with E-state index < -0.39 is 5.97 Å². The predicted molar refractivity (Wildman–Crippen MR) is 110 cm³/mol. The number of furan rings is 1. The lowest BCUT2D eigenvalue weighted by atomic mass is 9.94. The number of hydrogen-bond donors (Lipinski definition) is 0. The third-order valence-corrected chi connectivity index (χ3v) is 6.40. The summed E-state index contributed by atoms with van der Waals surface area (Å²) in [4.78, 5) is 26.0. The van der Waals surface area contributed by atoms with Crippen molar-refractivity contribution in [3.8, 4) is 11.3 Å². The SMILES string of the molecule is O=C([O-])c1ccc(-c2ccc(/C=C3\SC(=S)N(C4CCCCC4)C3=O)o2)cc1. The van der Waals surface area contributed by atoms with Crippen molar-refractivity contribution in [3.63, 3.8) is 0 Å². The van der Waals surface area contributed by atoms with E-state index in [0.717, 1.165) is 31.2 Å². The second kappa shape index (κ2) is 7.93. The van der Waals surface area contributed by atoms with Crippen molar-refractivity contribution >= 4 is 46.3 Å². The van der Waals surface area contributed by atoms with Gasteiger partial charge in [0.05, 0.1) is 10.9 Å². The van der Waals surface area contributed by atoms with Gasteiger partial charge >= 0.3 is 0 Å². The summed E-state index contributed by atoms with van der Waals surface area (Å²) in [6.07, 6.45) is 7.23. The number of rotatable bonds is 4. The first-order chi connectivity index (χ1) is 13.5. The smallest absolute Gasteiger partial charge is 0.266 e. The van der Waals surface area contributed by atoms with E-state index in [1.165, 1.54) is 30.3 Å². The van der Waals surface area contributed by atoms with Gasteiger partial charge in [0.25, 0.3) is 5.91 Å². The lowest BCUT2D eigenvalue weighted by Gasteiger charge is -2.29. The average Bonchev–Trinajstić information content (AvgIpc) is 3.27. The van der Waals surface area contributed by atoms with Crippen molar-refractivity contribution in [1.82, 2.24) is 4.90 Å². The Labute approximate surface area is 172 Å². The minimum atomic E-state index is -1.22. The van der Waals surface area contributed by atoms with Crippen LogP contribution in [0.3, 0.4) is 0 Å². The van der Waals surface area contributed by atoms with Crippen LogP contribution in [0.25, 0.3) is 17.4 Å². The van der Waals surface area contributed by atoms with Gasteiger partial charge in [0, 0.05) is 17.7 Å². The molecular weight excluding hydrogens is 394 g/mol. The Hall–Kier alpha value is -2.38. The Morgan fingerprint density at radius 1 is 1.14 bits per heavy atom. The number of aromatic carboxylic acids is 1. The van der Waals surface area contributed by atoms with Crippen LogP contribution in [0.2, 0.25) is 0 Å². The molecule has 0 spiro atoms. The zero-order chi connectivity index (χ0) is 19.7. The molecule has 1 saturated heterocycles. The van der Waals surface area contributed by atoms with E-state index in [-0.39, 0.29) is 17.5 Å². The first kappa shape index (κ1) is 19.0. The Morgan fingerprint density at radius 2 is 1.86 bits per heavy atom. The highest BCUT2D eigenvalue weighted by molar-refractivity contribution is 8.26. The highest BCUT2D eigenvalue weighted by Crippen LogP contribution is 2.37. The molecule has 1 aliphatic heterocycles. The highest BCUT2D eigenvalue weighted by Gasteiger charge is 2.37. The van der Waals surface area contributed by atoms with Gasteiger partial charge in [-0.25, -0.2) is 0 Å². The number of benzene rings is 1. The van der Waals surface area contributed by atoms with Crippen LogP contribution in [0, 0.1) is 0 Å². The Morgan fingerprint density at radius 3 is 2.54 bits per heavy atom.